The number of hydrogen-bond donors (Lipinski definition) is 1. The van der Waals surface area contributed by atoms with Gasteiger partial charge >= 0.3 is 0 Å². The summed E-state index contributed by atoms with van der Waals surface area (Å²) < 4.78 is 5.14. The van der Waals surface area contributed by atoms with Crippen molar-refractivity contribution in [1.82, 2.24) is 4.98 Å². The Labute approximate surface area is 117 Å². The summed E-state index contributed by atoms with van der Waals surface area (Å²) in [6.07, 6.45) is 2.37. The van der Waals surface area contributed by atoms with Crippen molar-refractivity contribution in [3.63, 3.8) is 0 Å². The maximum atomic E-state index is 10.2. The third-order valence-corrected chi connectivity index (χ3v) is 3.42. The molecule has 2 aromatic carbocycles. The maximum absolute atomic E-state index is 10.2. The van der Waals surface area contributed by atoms with Crippen LogP contribution >= 0.6 is 0 Å². The van der Waals surface area contributed by atoms with E-state index in [9.17, 15) is 5.11 Å². The Kier molecular flexibility index (Phi) is 3.25. The smallest absolute Gasteiger partial charge is 0.161 e. The summed E-state index contributed by atoms with van der Waals surface area (Å²) in [5, 5.41) is 12.4. The normalized spacial score (nSPS) is 10.7. The van der Waals surface area contributed by atoms with E-state index in [1.54, 1.807) is 19.4 Å². The summed E-state index contributed by atoms with van der Waals surface area (Å²) in [5.74, 6) is 0.674. The van der Waals surface area contributed by atoms with Crippen LogP contribution in [-0.2, 0) is 6.42 Å². The molecule has 0 radical (unpaired) electrons. The minimum Gasteiger partial charge on any atom is -0.504 e. The zero-order valence-electron chi connectivity index (χ0n) is 11.2. The van der Waals surface area contributed by atoms with E-state index < -0.39 is 0 Å². The van der Waals surface area contributed by atoms with Crippen molar-refractivity contribution in [2.45, 2.75) is 6.42 Å². The lowest BCUT2D eigenvalue weighted by Crippen LogP contribution is -1.95. The molecule has 0 atom stereocenters. The van der Waals surface area contributed by atoms with Gasteiger partial charge in [0, 0.05) is 23.6 Å². The average molecular weight is 265 g/mol. The third kappa shape index (κ3) is 2.18. The molecule has 3 nitrogen and oxygen atoms in total. The zero-order valence-corrected chi connectivity index (χ0v) is 11.2. The van der Waals surface area contributed by atoms with Gasteiger partial charge in [-0.25, -0.2) is 0 Å². The Hall–Kier alpha value is -2.55. The first-order valence-corrected chi connectivity index (χ1v) is 6.47. The van der Waals surface area contributed by atoms with Crippen LogP contribution in [0.3, 0.4) is 0 Å². The quantitative estimate of drug-likeness (QED) is 0.787. The minimum absolute atomic E-state index is 0.185. The van der Waals surface area contributed by atoms with Gasteiger partial charge in [0.15, 0.2) is 11.5 Å². The van der Waals surface area contributed by atoms with Crippen molar-refractivity contribution in [3.05, 3.63) is 66.0 Å². The van der Waals surface area contributed by atoms with E-state index in [1.165, 1.54) is 0 Å². The van der Waals surface area contributed by atoms with Gasteiger partial charge in [-0.1, -0.05) is 36.4 Å². The van der Waals surface area contributed by atoms with Crippen molar-refractivity contribution in [2.75, 3.05) is 7.11 Å². The van der Waals surface area contributed by atoms with Crippen LogP contribution < -0.4 is 4.74 Å². The van der Waals surface area contributed by atoms with E-state index >= 15 is 0 Å². The molecule has 0 bridgehead atoms. The number of pyridine rings is 1. The molecule has 100 valence electrons. The van der Waals surface area contributed by atoms with E-state index in [4.69, 9.17) is 4.74 Å². The summed E-state index contributed by atoms with van der Waals surface area (Å²) in [5.41, 5.74) is 1.76. The molecule has 3 rings (SSSR count). The lowest BCUT2D eigenvalue weighted by atomic mass is 10.0. The number of hydrogen-bond acceptors (Lipinski definition) is 3. The molecule has 20 heavy (non-hydrogen) atoms. The van der Waals surface area contributed by atoms with Crippen LogP contribution in [0.25, 0.3) is 10.8 Å². The number of methoxy groups -OCH3 is 1. The topological polar surface area (TPSA) is 42.4 Å². The summed E-state index contributed by atoms with van der Waals surface area (Å²) >= 11 is 0. The largest absolute Gasteiger partial charge is 0.504 e. The molecule has 0 saturated carbocycles. The molecule has 0 aliphatic carbocycles. The first kappa shape index (κ1) is 12.5. The van der Waals surface area contributed by atoms with Crippen molar-refractivity contribution >= 4 is 10.8 Å². The standard InChI is InChI=1S/C17H15NO2/c1-20-16-8-4-6-13(17(16)19)11-15-14-7-3-2-5-12(14)9-10-18-15/h2-10,19H,11H2,1H3. The molecule has 0 amide bonds. The van der Waals surface area contributed by atoms with Gasteiger partial charge in [0.2, 0.25) is 0 Å². The SMILES string of the molecule is COc1cccc(Cc2nccc3ccccc23)c1O. The van der Waals surface area contributed by atoms with Crippen LogP contribution in [0.2, 0.25) is 0 Å². The summed E-state index contributed by atoms with van der Waals surface area (Å²) in [6.45, 7) is 0. The highest BCUT2D eigenvalue weighted by Crippen LogP contribution is 2.31. The fourth-order valence-electron chi connectivity index (χ4n) is 2.38. The number of aromatic hydroxyl groups is 1. The van der Waals surface area contributed by atoms with Crippen LogP contribution in [0.1, 0.15) is 11.3 Å². The predicted octanol–water partition coefficient (Wildman–Crippen LogP) is 3.54. The monoisotopic (exact) mass is 265 g/mol. The van der Waals surface area contributed by atoms with E-state index in [0.29, 0.717) is 12.2 Å². The molecule has 1 heterocycles. The zero-order chi connectivity index (χ0) is 13.9. The van der Waals surface area contributed by atoms with Gasteiger partial charge in [0.05, 0.1) is 12.8 Å². The number of phenolic OH excluding ortho intramolecular Hbond substituents is 1. The molecule has 0 spiro atoms. The molecule has 0 saturated heterocycles. The van der Waals surface area contributed by atoms with Crippen molar-refractivity contribution in [2.24, 2.45) is 0 Å². The second kappa shape index (κ2) is 5.21. The van der Waals surface area contributed by atoms with Crippen LogP contribution in [0.5, 0.6) is 11.5 Å². The molecule has 0 aliphatic heterocycles. The van der Waals surface area contributed by atoms with Crippen LogP contribution in [0, 0.1) is 0 Å². The average Bonchev–Trinajstić information content (AvgIpc) is 2.50. The van der Waals surface area contributed by atoms with E-state index in [0.717, 1.165) is 22.0 Å². The van der Waals surface area contributed by atoms with Gasteiger partial charge in [-0.3, -0.25) is 4.98 Å². The highest BCUT2D eigenvalue weighted by atomic mass is 16.5. The molecule has 0 fully saturated rings. The molecular weight excluding hydrogens is 250 g/mol. The number of fused-ring (bicyclic) bond motifs is 1. The molecule has 3 heteroatoms. The molecule has 1 aromatic heterocycles. The van der Waals surface area contributed by atoms with E-state index in [-0.39, 0.29) is 5.75 Å². The Morgan fingerprint density at radius 3 is 2.75 bits per heavy atom. The summed E-state index contributed by atoms with van der Waals surface area (Å²) in [7, 11) is 1.55. The van der Waals surface area contributed by atoms with Gasteiger partial charge < -0.3 is 9.84 Å². The van der Waals surface area contributed by atoms with E-state index in [1.807, 2.05) is 30.3 Å². The lowest BCUT2D eigenvalue weighted by molar-refractivity contribution is 0.371. The molecule has 0 aliphatic rings. The molecule has 3 aromatic rings. The van der Waals surface area contributed by atoms with E-state index in [2.05, 4.69) is 17.1 Å². The first-order valence-electron chi connectivity index (χ1n) is 6.47. The highest BCUT2D eigenvalue weighted by molar-refractivity contribution is 5.84. The first-order chi connectivity index (χ1) is 9.79. The van der Waals surface area contributed by atoms with Crippen LogP contribution in [-0.4, -0.2) is 17.2 Å². The van der Waals surface area contributed by atoms with Crippen molar-refractivity contribution in [1.29, 1.82) is 0 Å². The second-order valence-corrected chi connectivity index (χ2v) is 4.62. The lowest BCUT2D eigenvalue weighted by Gasteiger charge is -2.10. The second-order valence-electron chi connectivity index (χ2n) is 4.62. The fourth-order valence-corrected chi connectivity index (χ4v) is 2.38. The van der Waals surface area contributed by atoms with Gasteiger partial charge in [-0.05, 0) is 17.5 Å². The number of rotatable bonds is 3. The summed E-state index contributed by atoms with van der Waals surface area (Å²) in [4.78, 5) is 4.45. The van der Waals surface area contributed by atoms with Crippen LogP contribution in [0.4, 0.5) is 0 Å². The summed E-state index contributed by atoms with van der Waals surface area (Å²) in [6, 6.07) is 15.6. The molecule has 1 N–H and O–H groups in total. The predicted molar refractivity (Wildman–Crippen MR) is 79.2 cm³/mol. The number of ether oxygens (including phenoxy) is 1. The number of aromatic nitrogens is 1. The van der Waals surface area contributed by atoms with Gasteiger partial charge in [-0.15, -0.1) is 0 Å². The Morgan fingerprint density at radius 2 is 1.90 bits per heavy atom. The number of benzene rings is 2. The third-order valence-electron chi connectivity index (χ3n) is 3.42. The number of para-hydroxylation sites is 1. The maximum Gasteiger partial charge on any atom is 0.161 e. The fraction of sp³-hybridized carbons (Fsp3) is 0.118. The minimum atomic E-state index is 0.185. The van der Waals surface area contributed by atoms with Crippen molar-refractivity contribution < 1.29 is 9.84 Å². The van der Waals surface area contributed by atoms with Crippen molar-refractivity contribution in [3.8, 4) is 11.5 Å². The Balaban J connectivity index is 2.06. The van der Waals surface area contributed by atoms with Gasteiger partial charge in [0.25, 0.3) is 0 Å². The highest BCUT2D eigenvalue weighted by Gasteiger charge is 2.10. The molecular formula is C17H15NO2. The molecule has 0 unspecified atom stereocenters. The number of phenols is 1. The van der Waals surface area contributed by atoms with Gasteiger partial charge in [-0.2, -0.15) is 0 Å². The van der Waals surface area contributed by atoms with Gasteiger partial charge in [0.1, 0.15) is 0 Å². The Bertz CT molecular complexity index is 748. The van der Waals surface area contributed by atoms with Crippen LogP contribution in [0.15, 0.2) is 54.7 Å². The number of nitrogens with zero attached hydrogens (tertiary/aromatic N) is 1. The Morgan fingerprint density at radius 1 is 1.05 bits per heavy atom.